The molecule has 0 aromatic rings. The molecule has 0 aliphatic heterocycles. The van der Waals surface area contributed by atoms with Gasteiger partial charge in [-0.3, -0.25) is 0 Å². The van der Waals surface area contributed by atoms with Crippen LogP contribution in [0.15, 0.2) is 0 Å². The fraction of sp³-hybridized carbons (Fsp3) is 0.700. The quantitative estimate of drug-likeness (QED) is 0.456. The molecule has 0 spiro atoms. The van der Waals surface area contributed by atoms with Crippen molar-refractivity contribution in [2.24, 2.45) is 0 Å². The van der Waals surface area contributed by atoms with Crippen LogP contribution in [0.3, 0.4) is 0 Å². The van der Waals surface area contributed by atoms with E-state index in [0.29, 0.717) is 22.2 Å². The molecular formula is C20H34Si2. The highest BCUT2D eigenvalue weighted by Crippen LogP contribution is 2.34. The minimum Gasteiger partial charge on any atom is -0.121 e. The topological polar surface area (TPSA) is 0 Å². The van der Waals surface area contributed by atoms with Crippen LogP contribution in [0.2, 0.25) is 22.2 Å². The van der Waals surface area contributed by atoms with Crippen molar-refractivity contribution in [2.45, 2.75) is 91.4 Å². The lowest BCUT2D eigenvalue weighted by molar-refractivity contribution is 0.930. The Balaban J connectivity index is 6.33. The van der Waals surface area contributed by atoms with Crippen LogP contribution >= 0.6 is 0 Å². The SMILES string of the molecule is CC#C[Si](C#C[Si](C#CC)(C(C)C)C(C)C)(C(C)C)C(C)C. The fourth-order valence-electron chi connectivity index (χ4n) is 3.17. The zero-order valence-corrected chi connectivity index (χ0v) is 18.3. The van der Waals surface area contributed by atoms with Gasteiger partial charge in [-0.2, -0.15) is 0 Å². The lowest BCUT2D eigenvalue weighted by Crippen LogP contribution is -2.43. The van der Waals surface area contributed by atoms with Crippen molar-refractivity contribution in [1.29, 1.82) is 0 Å². The molecule has 0 radical (unpaired) electrons. The lowest BCUT2D eigenvalue weighted by atomic mass is 10.5. The third kappa shape index (κ3) is 4.32. The van der Waals surface area contributed by atoms with Gasteiger partial charge in [0.1, 0.15) is 0 Å². The first-order valence-electron chi connectivity index (χ1n) is 8.52. The van der Waals surface area contributed by atoms with Crippen LogP contribution in [0.25, 0.3) is 0 Å². The Labute approximate surface area is 141 Å². The van der Waals surface area contributed by atoms with Crippen LogP contribution in [-0.4, -0.2) is 16.1 Å². The van der Waals surface area contributed by atoms with E-state index in [0.717, 1.165) is 0 Å². The average Bonchev–Trinajstić information content (AvgIpc) is 2.40. The Morgan fingerprint density at radius 1 is 0.455 bits per heavy atom. The zero-order valence-electron chi connectivity index (χ0n) is 16.3. The summed E-state index contributed by atoms with van der Waals surface area (Å²) in [6, 6.07) is 0. The third-order valence-corrected chi connectivity index (χ3v) is 14.7. The van der Waals surface area contributed by atoms with Crippen molar-refractivity contribution in [3.8, 4) is 34.0 Å². The molecular weight excluding hydrogens is 296 g/mol. The van der Waals surface area contributed by atoms with Crippen LogP contribution in [0.4, 0.5) is 0 Å². The van der Waals surface area contributed by atoms with Crippen LogP contribution in [-0.2, 0) is 0 Å². The van der Waals surface area contributed by atoms with E-state index >= 15 is 0 Å². The molecule has 0 saturated carbocycles. The second-order valence-electron chi connectivity index (χ2n) is 7.36. The monoisotopic (exact) mass is 330 g/mol. The summed E-state index contributed by atoms with van der Waals surface area (Å²) in [5.41, 5.74) is 16.9. The molecule has 2 heteroatoms. The standard InChI is InChI=1S/C20H34Si2/c1-11-13-21(17(3)4,18(5)6)15-16-22(14-12-2,19(7)8)20(9)10/h17-20H,1-10H3. The summed E-state index contributed by atoms with van der Waals surface area (Å²) >= 11 is 0. The maximum absolute atomic E-state index is 3.80. The summed E-state index contributed by atoms with van der Waals surface area (Å²) in [5.74, 6) is 6.37. The molecule has 0 fully saturated rings. The van der Waals surface area contributed by atoms with E-state index in [1.807, 2.05) is 13.8 Å². The van der Waals surface area contributed by atoms with E-state index in [2.05, 4.69) is 89.4 Å². The molecule has 0 heterocycles. The number of hydrogen-bond acceptors (Lipinski definition) is 0. The van der Waals surface area contributed by atoms with Gasteiger partial charge in [0.15, 0.2) is 0 Å². The highest BCUT2D eigenvalue weighted by Gasteiger charge is 2.41. The van der Waals surface area contributed by atoms with Gasteiger partial charge in [-0.25, -0.2) is 0 Å². The molecule has 0 rings (SSSR count). The fourth-order valence-corrected chi connectivity index (χ4v) is 10.8. The van der Waals surface area contributed by atoms with E-state index < -0.39 is 16.1 Å². The predicted molar refractivity (Wildman–Crippen MR) is 107 cm³/mol. The normalized spacial score (nSPS) is 11.7. The van der Waals surface area contributed by atoms with Gasteiger partial charge in [0.2, 0.25) is 16.1 Å². The summed E-state index contributed by atoms with van der Waals surface area (Å²) in [7, 11) is -3.87. The molecule has 0 atom stereocenters. The van der Waals surface area contributed by atoms with Gasteiger partial charge < -0.3 is 0 Å². The summed E-state index contributed by atoms with van der Waals surface area (Å²) in [6.45, 7) is 22.3. The van der Waals surface area contributed by atoms with Crippen LogP contribution in [0, 0.1) is 34.0 Å². The van der Waals surface area contributed by atoms with Crippen LogP contribution in [0.5, 0.6) is 0 Å². The molecule has 122 valence electrons. The van der Waals surface area contributed by atoms with Gasteiger partial charge >= 0.3 is 0 Å². The van der Waals surface area contributed by atoms with Crippen molar-refractivity contribution in [3.63, 3.8) is 0 Å². The van der Waals surface area contributed by atoms with Crippen molar-refractivity contribution in [3.05, 3.63) is 0 Å². The van der Waals surface area contributed by atoms with Crippen molar-refractivity contribution in [2.75, 3.05) is 0 Å². The summed E-state index contributed by atoms with van der Waals surface area (Å²) in [5, 5.41) is 0. The molecule has 0 bridgehead atoms. The first kappa shape index (κ1) is 21.1. The maximum atomic E-state index is 3.80. The molecule has 0 aromatic heterocycles. The smallest absolute Gasteiger partial charge is 0.121 e. The first-order valence-corrected chi connectivity index (χ1v) is 12.8. The molecule has 0 aliphatic rings. The average molecular weight is 331 g/mol. The van der Waals surface area contributed by atoms with E-state index in [1.54, 1.807) is 0 Å². The van der Waals surface area contributed by atoms with E-state index in [9.17, 15) is 0 Å². The lowest BCUT2D eigenvalue weighted by Gasteiger charge is -2.32. The van der Waals surface area contributed by atoms with Gasteiger partial charge in [0, 0.05) is 0 Å². The second-order valence-corrected chi connectivity index (χ2v) is 16.5. The number of hydrogen-bond donors (Lipinski definition) is 0. The van der Waals surface area contributed by atoms with E-state index in [4.69, 9.17) is 0 Å². The molecule has 0 aliphatic carbocycles. The molecule has 0 nitrogen and oxygen atoms in total. The van der Waals surface area contributed by atoms with Gasteiger partial charge in [-0.15, -0.1) is 34.0 Å². The Hall–Kier alpha value is -0.886. The molecule has 0 N–H and O–H groups in total. The Morgan fingerprint density at radius 2 is 0.682 bits per heavy atom. The third-order valence-electron chi connectivity index (χ3n) is 4.78. The predicted octanol–water partition coefficient (Wildman–Crippen LogP) is 5.73. The van der Waals surface area contributed by atoms with Gasteiger partial charge in [-0.1, -0.05) is 55.4 Å². The minimum absolute atomic E-state index is 0.549. The van der Waals surface area contributed by atoms with E-state index in [-0.39, 0.29) is 0 Å². The van der Waals surface area contributed by atoms with Crippen molar-refractivity contribution in [1.82, 2.24) is 0 Å². The van der Waals surface area contributed by atoms with Crippen molar-refractivity contribution >= 4 is 16.1 Å². The minimum atomic E-state index is -1.94. The zero-order chi connectivity index (χ0) is 17.6. The van der Waals surface area contributed by atoms with E-state index in [1.165, 1.54) is 0 Å². The van der Waals surface area contributed by atoms with Gasteiger partial charge in [-0.05, 0) is 36.0 Å². The van der Waals surface area contributed by atoms with Crippen LogP contribution in [0.1, 0.15) is 69.2 Å². The highest BCUT2D eigenvalue weighted by molar-refractivity contribution is 7.01. The highest BCUT2D eigenvalue weighted by atomic mass is 28.3. The van der Waals surface area contributed by atoms with Crippen LogP contribution < -0.4 is 0 Å². The molecule has 0 unspecified atom stereocenters. The van der Waals surface area contributed by atoms with Crippen molar-refractivity contribution < 1.29 is 0 Å². The molecule has 0 amide bonds. The molecule has 0 saturated heterocycles. The Kier molecular flexibility index (Phi) is 8.32. The largest absolute Gasteiger partial charge is 0.220 e. The first-order chi connectivity index (χ1) is 10.1. The summed E-state index contributed by atoms with van der Waals surface area (Å²) in [4.78, 5) is 0. The van der Waals surface area contributed by atoms with Gasteiger partial charge in [0.25, 0.3) is 0 Å². The number of rotatable bonds is 4. The summed E-state index contributed by atoms with van der Waals surface area (Å²) < 4.78 is 0. The maximum Gasteiger partial charge on any atom is 0.220 e. The molecule has 22 heavy (non-hydrogen) atoms. The van der Waals surface area contributed by atoms with Gasteiger partial charge in [0.05, 0.1) is 0 Å². The summed E-state index contributed by atoms with van der Waals surface area (Å²) in [6.07, 6.45) is 0. The Morgan fingerprint density at radius 3 is 0.818 bits per heavy atom. The molecule has 0 aromatic carbocycles. The second kappa shape index (κ2) is 8.67. The Bertz CT molecular complexity index is 469.